The van der Waals surface area contributed by atoms with E-state index in [0.29, 0.717) is 5.76 Å². The summed E-state index contributed by atoms with van der Waals surface area (Å²) in [6, 6.07) is 2.40. The van der Waals surface area contributed by atoms with Gasteiger partial charge in [-0.2, -0.15) is 0 Å². The summed E-state index contributed by atoms with van der Waals surface area (Å²) in [7, 11) is 0. The number of rotatable bonds is 3. The second kappa shape index (κ2) is 5.92. The zero-order valence-electron chi connectivity index (χ0n) is 11.3. The van der Waals surface area contributed by atoms with E-state index >= 15 is 0 Å². The molecule has 5 unspecified atom stereocenters. The van der Waals surface area contributed by atoms with Gasteiger partial charge in [-0.05, 0) is 26.0 Å². The fourth-order valence-corrected chi connectivity index (χ4v) is 2.28. The number of hydrogen-bond donors (Lipinski definition) is 4. The molecule has 0 bridgehead atoms. The molecule has 1 aromatic rings. The van der Waals surface area contributed by atoms with Crippen LogP contribution in [0.1, 0.15) is 23.2 Å². The molecule has 1 aliphatic rings. The number of carbonyl (C=O) groups is 1. The van der Waals surface area contributed by atoms with E-state index in [4.69, 9.17) is 14.3 Å². The number of nitrogens with one attached hydrogen (secondary N) is 1. The zero-order valence-corrected chi connectivity index (χ0v) is 11.3. The number of furan rings is 1. The Morgan fingerprint density at radius 3 is 2.60 bits per heavy atom. The predicted octanol–water partition coefficient (Wildman–Crippen LogP) is -0.812. The number of amides is 1. The molecule has 112 valence electrons. The van der Waals surface area contributed by atoms with Crippen LogP contribution >= 0.6 is 0 Å². The molecule has 1 amide bonds. The summed E-state index contributed by atoms with van der Waals surface area (Å²) in [5.41, 5.74) is 0. The van der Waals surface area contributed by atoms with Gasteiger partial charge in [0.2, 0.25) is 0 Å². The highest BCUT2D eigenvalue weighted by molar-refractivity contribution is 5.91. The molecule has 20 heavy (non-hydrogen) atoms. The van der Waals surface area contributed by atoms with Crippen molar-refractivity contribution in [3.63, 3.8) is 0 Å². The Kier molecular flexibility index (Phi) is 4.44. The summed E-state index contributed by atoms with van der Waals surface area (Å²) in [6.45, 7) is 2.96. The van der Waals surface area contributed by atoms with Gasteiger partial charge in [-0.3, -0.25) is 4.79 Å². The summed E-state index contributed by atoms with van der Waals surface area (Å²) >= 11 is 0. The van der Waals surface area contributed by atoms with E-state index in [9.17, 15) is 15.0 Å². The van der Waals surface area contributed by atoms with Crippen LogP contribution in [0.2, 0.25) is 0 Å². The molecule has 2 heterocycles. The molecule has 1 aromatic heterocycles. The van der Waals surface area contributed by atoms with Crippen molar-refractivity contribution in [1.82, 2.24) is 5.32 Å². The number of aryl methyl sites for hydroxylation is 1. The molecule has 0 spiro atoms. The maximum atomic E-state index is 12.0. The highest BCUT2D eigenvalue weighted by Gasteiger charge is 2.43. The van der Waals surface area contributed by atoms with Crippen molar-refractivity contribution in [3.05, 3.63) is 23.7 Å². The van der Waals surface area contributed by atoms with E-state index in [1.807, 2.05) is 0 Å². The van der Waals surface area contributed by atoms with E-state index in [-0.39, 0.29) is 5.76 Å². The van der Waals surface area contributed by atoms with Crippen LogP contribution in [0.3, 0.4) is 0 Å². The highest BCUT2D eigenvalue weighted by atomic mass is 16.5. The predicted molar refractivity (Wildman–Crippen MR) is 68.1 cm³/mol. The van der Waals surface area contributed by atoms with E-state index in [1.54, 1.807) is 19.9 Å². The van der Waals surface area contributed by atoms with Gasteiger partial charge in [-0.15, -0.1) is 0 Å². The first-order chi connectivity index (χ1) is 9.43. The number of ether oxygens (including phenoxy) is 1. The first kappa shape index (κ1) is 15.0. The number of aliphatic hydroxyl groups excluding tert-OH is 3. The van der Waals surface area contributed by atoms with Crippen LogP contribution < -0.4 is 5.32 Å². The quantitative estimate of drug-likeness (QED) is 0.578. The van der Waals surface area contributed by atoms with E-state index in [1.165, 1.54) is 6.07 Å². The summed E-state index contributed by atoms with van der Waals surface area (Å²) in [5, 5.41) is 31.4. The molecule has 5 atom stereocenters. The summed E-state index contributed by atoms with van der Waals surface area (Å²) in [5.74, 6) is 0.233. The molecule has 2 rings (SSSR count). The molecule has 7 nitrogen and oxygen atoms in total. The van der Waals surface area contributed by atoms with Crippen LogP contribution in [-0.4, -0.2) is 58.3 Å². The molecule has 0 aliphatic carbocycles. The number of hydrogen-bond acceptors (Lipinski definition) is 6. The maximum absolute atomic E-state index is 12.0. The van der Waals surface area contributed by atoms with Crippen LogP contribution in [0.25, 0.3) is 0 Å². The molecule has 1 aliphatic heterocycles. The molecule has 0 radical (unpaired) electrons. The fourth-order valence-electron chi connectivity index (χ4n) is 2.28. The van der Waals surface area contributed by atoms with E-state index in [0.717, 1.165) is 0 Å². The minimum absolute atomic E-state index is 0.126. The lowest BCUT2D eigenvalue weighted by Crippen LogP contribution is -2.63. The third kappa shape index (κ3) is 2.85. The van der Waals surface area contributed by atoms with Crippen LogP contribution in [-0.2, 0) is 4.74 Å². The molecular weight excluding hydrogens is 266 g/mol. The Morgan fingerprint density at radius 1 is 1.35 bits per heavy atom. The SMILES string of the molecule is Cc1ccc(C(=O)NC2C(C)OC(CO)C(O)C2O)o1. The molecule has 1 fully saturated rings. The Hall–Kier alpha value is -1.41. The average Bonchev–Trinajstić information content (AvgIpc) is 2.85. The third-order valence-corrected chi connectivity index (χ3v) is 3.44. The second-order valence-corrected chi connectivity index (χ2v) is 4.95. The second-order valence-electron chi connectivity index (χ2n) is 4.95. The zero-order chi connectivity index (χ0) is 14.9. The molecule has 0 aromatic carbocycles. The maximum Gasteiger partial charge on any atom is 0.287 e. The van der Waals surface area contributed by atoms with Crippen molar-refractivity contribution in [2.24, 2.45) is 0 Å². The van der Waals surface area contributed by atoms with Gasteiger partial charge in [0.05, 0.1) is 18.8 Å². The van der Waals surface area contributed by atoms with Gasteiger partial charge in [0.15, 0.2) is 5.76 Å². The van der Waals surface area contributed by atoms with Gasteiger partial charge in [-0.25, -0.2) is 0 Å². The van der Waals surface area contributed by atoms with Crippen molar-refractivity contribution < 1.29 is 29.3 Å². The van der Waals surface area contributed by atoms with Crippen LogP contribution in [0.5, 0.6) is 0 Å². The van der Waals surface area contributed by atoms with Crippen molar-refractivity contribution in [2.75, 3.05) is 6.61 Å². The molecule has 1 saturated heterocycles. The van der Waals surface area contributed by atoms with Gasteiger partial charge >= 0.3 is 0 Å². The lowest BCUT2D eigenvalue weighted by Gasteiger charge is -2.41. The average molecular weight is 285 g/mol. The van der Waals surface area contributed by atoms with Crippen LogP contribution in [0.4, 0.5) is 0 Å². The Balaban J connectivity index is 2.06. The van der Waals surface area contributed by atoms with Crippen molar-refractivity contribution in [1.29, 1.82) is 0 Å². The summed E-state index contributed by atoms with van der Waals surface area (Å²) in [4.78, 5) is 12.0. The minimum Gasteiger partial charge on any atom is -0.456 e. The Labute approximate surface area is 116 Å². The topological polar surface area (TPSA) is 112 Å². The van der Waals surface area contributed by atoms with Gasteiger partial charge < -0.3 is 29.8 Å². The lowest BCUT2D eigenvalue weighted by molar-refractivity contribution is -0.187. The third-order valence-electron chi connectivity index (χ3n) is 3.44. The molecule has 7 heteroatoms. The normalized spacial score (nSPS) is 34.0. The molecule has 0 saturated carbocycles. The van der Waals surface area contributed by atoms with E-state index in [2.05, 4.69) is 5.32 Å². The summed E-state index contributed by atoms with van der Waals surface area (Å²) < 4.78 is 10.6. The van der Waals surface area contributed by atoms with E-state index < -0.39 is 43.0 Å². The summed E-state index contributed by atoms with van der Waals surface area (Å²) in [6.07, 6.45) is -3.90. The Morgan fingerprint density at radius 2 is 2.05 bits per heavy atom. The van der Waals surface area contributed by atoms with Gasteiger partial charge in [-0.1, -0.05) is 0 Å². The van der Waals surface area contributed by atoms with Gasteiger partial charge in [0.1, 0.15) is 24.1 Å². The minimum atomic E-state index is -1.26. The van der Waals surface area contributed by atoms with Gasteiger partial charge in [0, 0.05) is 0 Å². The van der Waals surface area contributed by atoms with Crippen molar-refractivity contribution in [2.45, 2.75) is 44.3 Å². The first-order valence-electron chi connectivity index (χ1n) is 6.43. The van der Waals surface area contributed by atoms with Crippen LogP contribution in [0, 0.1) is 6.92 Å². The standard InChI is InChI=1S/C13H19NO6/c1-6-3-4-8(19-6)13(18)14-10-7(2)20-9(5-15)11(16)12(10)17/h3-4,7,9-12,15-17H,5H2,1-2H3,(H,14,18). The highest BCUT2D eigenvalue weighted by Crippen LogP contribution is 2.21. The van der Waals surface area contributed by atoms with Crippen molar-refractivity contribution in [3.8, 4) is 0 Å². The first-order valence-corrected chi connectivity index (χ1v) is 6.43. The fraction of sp³-hybridized carbons (Fsp3) is 0.615. The number of carbonyl (C=O) groups excluding carboxylic acids is 1. The largest absolute Gasteiger partial charge is 0.456 e. The Bertz CT molecular complexity index is 473. The number of aliphatic hydroxyl groups is 3. The van der Waals surface area contributed by atoms with Crippen molar-refractivity contribution >= 4 is 5.91 Å². The lowest BCUT2D eigenvalue weighted by atomic mass is 9.93. The monoisotopic (exact) mass is 285 g/mol. The van der Waals surface area contributed by atoms with Crippen LogP contribution in [0.15, 0.2) is 16.5 Å². The smallest absolute Gasteiger partial charge is 0.287 e. The molecular formula is C13H19NO6. The van der Waals surface area contributed by atoms with Gasteiger partial charge in [0.25, 0.3) is 5.91 Å². The molecule has 4 N–H and O–H groups in total.